The molecule has 0 saturated heterocycles. The fourth-order valence-corrected chi connectivity index (χ4v) is 3.07. The molecule has 0 saturated carbocycles. The van der Waals surface area contributed by atoms with Crippen LogP contribution in [0, 0.1) is 5.41 Å². The topological polar surface area (TPSA) is 38.0 Å². The molecular formula is C10H10ClF3N2OS2. The molecule has 0 aliphatic carbocycles. The van der Waals surface area contributed by atoms with Crippen molar-refractivity contribution in [2.75, 3.05) is 6.26 Å². The van der Waals surface area contributed by atoms with Gasteiger partial charge in [-0.05, 0) is 24.5 Å². The summed E-state index contributed by atoms with van der Waals surface area (Å²) in [5.74, 6) is 0.339. The van der Waals surface area contributed by atoms with Gasteiger partial charge in [-0.3, -0.25) is 5.41 Å². The molecule has 0 aliphatic heterocycles. The minimum absolute atomic E-state index is 0. The van der Waals surface area contributed by atoms with Crippen LogP contribution in [0.15, 0.2) is 18.2 Å². The van der Waals surface area contributed by atoms with Crippen molar-refractivity contribution in [3.05, 3.63) is 23.0 Å². The number of rotatable bonds is 3. The number of fused-ring (bicyclic) bond motifs is 1. The number of halogens is 4. The van der Waals surface area contributed by atoms with Gasteiger partial charge >= 0.3 is 6.36 Å². The summed E-state index contributed by atoms with van der Waals surface area (Å²) in [6.07, 6.45) is -2.79. The highest BCUT2D eigenvalue weighted by Gasteiger charge is 2.31. The summed E-state index contributed by atoms with van der Waals surface area (Å²) >= 11 is 2.67. The van der Waals surface area contributed by atoms with E-state index in [9.17, 15) is 13.2 Å². The second-order valence-corrected chi connectivity index (χ2v) is 5.30. The minimum atomic E-state index is -4.69. The highest BCUT2D eigenvalue weighted by Crippen LogP contribution is 2.28. The van der Waals surface area contributed by atoms with Crippen molar-refractivity contribution < 1.29 is 17.9 Å². The normalized spacial score (nSPS) is 11.4. The minimum Gasteiger partial charge on any atom is -0.406 e. The van der Waals surface area contributed by atoms with Gasteiger partial charge in [-0.2, -0.15) is 0 Å². The average Bonchev–Trinajstić information content (AvgIpc) is 2.53. The van der Waals surface area contributed by atoms with Crippen molar-refractivity contribution in [2.24, 2.45) is 0 Å². The number of hydrogen-bond acceptors (Lipinski definition) is 4. The molecule has 1 N–H and O–H groups in total. The number of benzene rings is 1. The van der Waals surface area contributed by atoms with Crippen LogP contribution in [0.5, 0.6) is 5.75 Å². The van der Waals surface area contributed by atoms with Crippen LogP contribution >= 0.6 is 35.5 Å². The summed E-state index contributed by atoms with van der Waals surface area (Å²) in [6, 6.07) is 4.11. The summed E-state index contributed by atoms with van der Waals surface area (Å²) in [6.45, 7) is 0. The van der Waals surface area contributed by atoms with Gasteiger partial charge in [0.05, 0.1) is 16.1 Å². The number of nitrogens with one attached hydrogen (secondary N) is 1. The second-order valence-electron chi connectivity index (χ2n) is 3.43. The molecule has 0 aliphatic rings. The van der Waals surface area contributed by atoms with E-state index in [1.807, 2.05) is 6.26 Å². The van der Waals surface area contributed by atoms with Crippen LogP contribution in [-0.2, 0) is 5.88 Å². The largest absolute Gasteiger partial charge is 0.573 e. The Kier molecular flexibility index (Phi) is 5.17. The number of thioether (sulfide) groups is 1. The molecule has 0 amide bonds. The Labute approximate surface area is 121 Å². The third-order valence-electron chi connectivity index (χ3n) is 2.17. The van der Waals surface area contributed by atoms with E-state index >= 15 is 0 Å². The van der Waals surface area contributed by atoms with Gasteiger partial charge < -0.3 is 9.30 Å². The molecule has 9 heteroatoms. The second kappa shape index (κ2) is 6.06. The maximum Gasteiger partial charge on any atom is 0.573 e. The smallest absolute Gasteiger partial charge is 0.406 e. The average molecular weight is 331 g/mol. The third-order valence-corrected chi connectivity index (χ3v) is 3.64. The lowest BCUT2D eigenvalue weighted by atomic mass is 10.3. The number of aromatic nitrogens is 1. The maximum atomic E-state index is 12.1. The Morgan fingerprint density at radius 3 is 2.68 bits per heavy atom. The summed E-state index contributed by atoms with van der Waals surface area (Å²) in [4.78, 5) is 0.309. The fourth-order valence-electron chi connectivity index (χ4n) is 1.52. The van der Waals surface area contributed by atoms with Crippen molar-refractivity contribution >= 4 is 45.7 Å². The van der Waals surface area contributed by atoms with Gasteiger partial charge in [-0.25, -0.2) is 0 Å². The Hall–Kier alpha value is -0.860. The van der Waals surface area contributed by atoms with Crippen LogP contribution in [-0.4, -0.2) is 17.2 Å². The molecule has 0 bridgehead atoms. The number of ether oxygens (including phenoxy) is 1. The van der Waals surface area contributed by atoms with E-state index in [0.29, 0.717) is 15.4 Å². The maximum absolute atomic E-state index is 12.1. The van der Waals surface area contributed by atoms with E-state index in [-0.39, 0.29) is 18.2 Å². The van der Waals surface area contributed by atoms with Gasteiger partial charge in [-0.15, -0.1) is 37.3 Å². The van der Waals surface area contributed by atoms with Crippen molar-refractivity contribution in [3.63, 3.8) is 0 Å². The zero-order valence-corrected chi connectivity index (χ0v) is 12.1. The molecule has 2 rings (SSSR count). The van der Waals surface area contributed by atoms with Gasteiger partial charge in [-0.1, -0.05) is 11.3 Å². The number of hydrogen-bond donors (Lipinski definition) is 1. The molecule has 0 fully saturated rings. The van der Waals surface area contributed by atoms with Crippen LogP contribution in [0.3, 0.4) is 0 Å². The van der Waals surface area contributed by atoms with E-state index in [2.05, 4.69) is 4.74 Å². The van der Waals surface area contributed by atoms with Crippen molar-refractivity contribution in [2.45, 2.75) is 12.2 Å². The summed E-state index contributed by atoms with van der Waals surface area (Å²) in [5.41, 5.74) is 0.744. The Morgan fingerprint density at radius 1 is 1.42 bits per heavy atom. The number of thiazole rings is 1. The predicted molar refractivity (Wildman–Crippen MR) is 73.1 cm³/mol. The van der Waals surface area contributed by atoms with E-state index in [1.165, 1.54) is 12.1 Å². The van der Waals surface area contributed by atoms with Crippen LogP contribution < -0.4 is 9.54 Å². The molecule has 1 heterocycles. The quantitative estimate of drug-likeness (QED) is 0.929. The van der Waals surface area contributed by atoms with E-state index in [1.54, 1.807) is 22.4 Å². The molecule has 0 spiro atoms. The molecule has 3 nitrogen and oxygen atoms in total. The first kappa shape index (κ1) is 16.2. The zero-order chi connectivity index (χ0) is 13.3. The summed E-state index contributed by atoms with van der Waals surface area (Å²) in [7, 11) is 0. The van der Waals surface area contributed by atoms with E-state index < -0.39 is 6.36 Å². The van der Waals surface area contributed by atoms with Crippen molar-refractivity contribution in [1.82, 2.24) is 4.57 Å². The highest BCUT2D eigenvalue weighted by molar-refractivity contribution is 7.97. The molecule has 1 aromatic carbocycles. The predicted octanol–water partition coefficient (Wildman–Crippen LogP) is 3.82. The van der Waals surface area contributed by atoms with Gasteiger partial charge in [0.1, 0.15) is 5.75 Å². The van der Waals surface area contributed by atoms with Crippen LogP contribution in [0.1, 0.15) is 0 Å². The standard InChI is InChI=1S/C10H9F3N2OS2.ClH/c1-17-5-15-7-3-2-6(16-10(11,12)13)4-8(7)18-9(15)14;/h2-4,14H,5H2,1H3;1H. The van der Waals surface area contributed by atoms with Crippen molar-refractivity contribution in [3.8, 4) is 5.75 Å². The van der Waals surface area contributed by atoms with Crippen LogP contribution in [0.2, 0.25) is 0 Å². The molecule has 0 unspecified atom stereocenters. The van der Waals surface area contributed by atoms with Crippen molar-refractivity contribution in [1.29, 1.82) is 5.41 Å². The fraction of sp³-hybridized carbons (Fsp3) is 0.300. The summed E-state index contributed by atoms with van der Waals surface area (Å²) in [5, 5.41) is 7.76. The number of alkyl halides is 3. The third kappa shape index (κ3) is 3.80. The molecule has 0 atom stereocenters. The van der Waals surface area contributed by atoms with Gasteiger partial charge in [0.25, 0.3) is 0 Å². The zero-order valence-electron chi connectivity index (χ0n) is 9.65. The first-order valence-electron chi connectivity index (χ1n) is 4.83. The molecule has 0 radical (unpaired) electrons. The SMILES string of the molecule is CSCn1c(=N)sc2cc(OC(F)(F)F)ccc21.Cl. The van der Waals surface area contributed by atoms with Crippen LogP contribution in [0.25, 0.3) is 10.2 Å². The van der Waals surface area contributed by atoms with Gasteiger partial charge in [0.2, 0.25) is 0 Å². The highest BCUT2D eigenvalue weighted by atomic mass is 35.5. The summed E-state index contributed by atoms with van der Waals surface area (Å²) < 4.78 is 42.4. The van der Waals surface area contributed by atoms with Gasteiger partial charge in [0, 0.05) is 0 Å². The molecule has 2 aromatic rings. The molecule has 19 heavy (non-hydrogen) atoms. The molecule has 1 aromatic heterocycles. The monoisotopic (exact) mass is 330 g/mol. The molecular weight excluding hydrogens is 321 g/mol. The lowest BCUT2D eigenvalue weighted by Crippen LogP contribution is -2.17. The van der Waals surface area contributed by atoms with Gasteiger partial charge in [0.15, 0.2) is 4.80 Å². The van der Waals surface area contributed by atoms with E-state index in [4.69, 9.17) is 5.41 Å². The van der Waals surface area contributed by atoms with Crippen LogP contribution in [0.4, 0.5) is 13.2 Å². The Balaban J connectivity index is 0.00000180. The lowest BCUT2D eigenvalue weighted by molar-refractivity contribution is -0.274. The van der Waals surface area contributed by atoms with E-state index in [0.717, 1.165) is 16.9 Å². The number of nitrogens with zero attached hydrogens (tertiary/aromatic N) is 1. The first-order chi connectivity index (χ1) is 8.40. The lowest BCUT2D eigenvalue weighted by Gasteiger charge is -2.08. The Bertz CT molecular complexity index is 623. The Morgan fingerprint density at radius 2 is 2.11 bits per heavy atom. The molecule has 106 valence electrons. The first-order valence-corrected chi connectivity index (χ1v) is 7.04.